The number of hydrogen-bond donors (Lipinski definition) is 8. The summed E-state index contributed by atoms with van der Waals surface area (Å²) >= 11 is 0. The fourth-order valence-corrected chi connectivity index (χ4v) is 2.55. The Morgan fingerprint density at radius 2 is 1.17 bits per heavy atom. The monoisotopic (exact) mass is 342 g/mol. The Bertz CT molecular complexity index is 380. The van der Waals surface area contributed by atoms with Crippen LogP contribution in [0.25, 0.3) is 0 Å². The molecule has 10 atom stereocenters. The van der Waals surface area contributed by atoms with Crippen molar-refractivity contribution in [2.45, 2.75) is 61.4 Å². The van der Waals surface area contributed by atoms with E-state index in [4.69, 9.17) is 24.4 Å². The summed E-state index contributed by atoms with van der Waals surface area (Å²) in [5, 5.41) is 76.7. The van der Waals surface area contributed by atoms with E-state index in [2.05, 4.69) is 0 Å². The number of ether oxygens (including phenoxy) is 3. The lowest BCUT2D eigenvalue weighted by molar-refractivity contribution is -0.361. The summed E-state index contributed by atoms with van der Waals surface area (Å²) in [5.41, 5.74) is 0. The van der Waals surface area contributed by atoms with Crippen molar-refractivity contribution in [2.24, 2.45) is 0 Å². The average Bonchev–Trinajstić information content (AvgIpc) is 2.54. The first-order valence-corrected chi connectivity index (χ1v) is 7.08. The van der Waals surface area contributed by atoms with Crippen LogP contribution in [0.3, 0.4) is 0 Å². The summed E-state index contributed by atoms with van der Waals surface area (Å²) in [5.74, 6) is 0. The van der Waals surface area contributed by atoms with Crippen molar-refractivity contribution in [1.29, 1.82) is 0 Å². The maximum Gasteiger partial charge on any atom is 0.187 e. The molecule has 0 aromatic heterocycles. The molecule has 0 saturated carbocycles. The normalized spacial score (nSPS) is 51.7. The van der Waals surface area contributed by atoms with Gasteiger partial charge in [-0.1, -0.05) is 0 Å². The predicted molar refractivity (Wildman–Crippen MR) is 68.6 cm³/mol. The maximum absolute atomic E-state index is 9.94. The van der Waals surface area contributed by atoms with E-state index in [0.717, 1.165) is 0 Å². The van der Waals surface area contributed by atoms with E-state index in [-0.39, 0.29) is 0 Å². The lowest BCUT2D eigenvalue weighted by atomic mass is 9.97. The molecule has 0 radical (unpaired) electrons. The Morgan fingerprint density at radius 3 is 1.74 bits per heavy atom. The second-order valence-corrected chi connectivity index (χ2v) is 5.53. The molecule has 0 unspecified atom stereocenters. The van der Waals surface area contributed by atoms with Crippen LogP contribution in [0.4, 0.5) is 0 Å². The third-order valence-electron chi connectivity index (χ3n) is 3.98. The van der Waals surface area contributed by atoms with Crippen molar-refractivity contribution < 1.29 is 55.1 Å². The Hall–Kier alpha value is -0.440. The minimum Gasteiger partial charge on any atom is -0.394 e. The van der Waals surface area contributed by atoms with E-state index >= 15 is 0 Å². The van der Waals surface area contributed by atoms with Crippen LogP contribution in [0.2, 0.25) is 0 Å². The van der Waals surface area contributed by atoms with Gasteiger partial charge in [-0.3, -0.25) is 0 Å². The van der Waals surface area contributed by atoms with Gasteiger partial charge in [0.25, 0.3) is 0 Å². The number of rotatable bonds is 4. The zero-order valence-electron chi connectivity index (χ0n) is 12.0. The summed E-state index contributed by atoms with van der Waals surface area (Å²) < 4.78 is 15.1. The molecular weight excluding hydrogens is 320 g/mol. The number of aliphatic hydroxyl groups is 8. The van der Waals surface area contributed by atoms with Crippen molar-refractivity contribution in [3.05, 3.63) is 0 Å². The van der Waals surface area contributed by atoms with Crippen LogP contribution in [0.5, 0.6) is 0 Å². The second-order valence-electron chi connectivity index (χ2n) is 5.53. The van der Waals surface area contributed by atoms with Gasteiger partial charge in [0.15, 0.2) is 12.6 Å². The van der Waals surface area contributed by atoms with Gasteiger partial charge in [0, 0.05) is 0 Å². The van der Waals surface area contributed by atoms with Crippen molar-refractivity contribution in [3.63, 3.8) is 0 Å². The van der Waals surface area contributed by atoms with Crippen LogP contribution in [0.15, 0.2) is 0 Å². The molecule has 0 aromatic carbocycles. The summed E-state index contributed by atoms with van der Waals surface area (Å²) in [6, 6.07) is 0. The highest BCUT2D eigenvalue weighted by atomic mass is 16.7. The molecule has 2 saturated heterocycles. The molecule has 2 heterocycles. The Kier molecular flexibility index (Phi) is 6.27. The van der Waals surface area contributed by atoms with Crippen LogP contribution < -0.4 is 0 Å². The summed E-state index contributed by atoms with van der Waals surface area (Å²) in [7, 11) is 0. The van der Waals surface area contributed by atoms with Gasteiger partial charge >= 0.3 is 0 Å². The topological polar surface area (TPSA) is 190 Å². The Morgan fingerprint density at radius 1 is 0.652 bits per heavy atom. The van der Waals surface area contributed by atoms with Gasteiger partial charge in [-0.2, -0.15) is 0 Å². The molecule has 2 fully saturated rings. The smallest absolute Gasteiger partial charge is 0.187 e. The van der Waals surface area contributed by atoms with Crippen molar-refractivity contribution in [1.82, 2.24) is 0 Å². The molecule has 2 aliphatic heterocycles. The van der Waals surface area contributed by atoms with Gasteiger partial charge in [-0.15, -0.1) is 0 Å². The van der Waals surface area contributed by atoms with Gasteiger partial charge in [0.1, 0.15) is 48.8 Å². The van der Waals surface area contributed by atoms with Gasteiger partial charge in [-0.25, -0.2) is 0 Å². The van der Waals surface area contributed by atoms with E-state index < -0.39 is 74.6 Å². The third kappa shape index (κ3) is 3.65. The van der Waals surface area contributed by atoms with Crippen LogP contribution in [0.1, 0.15) is 0 Å². The first-order chi connectivity index (χ1) is 10.8. The standard InChI is InChI=1S/C12H22O11/c13-1-3-6(16)8(18)10(11(20)21-3)23-12-9(19)7(17)5(15)4(2-14)22-12/h3-20H,1-2H2/t3-,4+,5-,6+,7-,8-,9-,10+,11-,12+/m1/s1. The van der Waals surface area contributed by atoms with E-state index in [0.29, 0.717) is 0 Å². The average molecular weight is 342 g/mol. The molecule has 8 N–H and O–H groups in total. The SMILES string of the molecule is OC[C@@H]1O[C@@H](O[C@H]2[C@H](O)[C@@H](O)[C@@H](CO)O[C@H]2O)[C@H](O)[C@H](O)[C@@H]1O. The summed E-state index contributed by atoms with van der Waals surface area (Å²) in [6.45, 7) is -1.33. The van der Waals surface area contributed by atoms with Crippen LogP contribution in [-0.2, 0) is 14.2 Å². The molecule has 11 heteroatoms. The molecule has 11 nitrogen and oxygen atoms in total. The Balaban J connectivity index is 2.08. The minimum absolute atomic E-state index is 0.651. The predicted octanol–water partition coefficient (Wildman–Crippen LogP) is -5.40. The Labute approximate surface area is 130 Å². The van der Waals surface area contributed by atoms with Gasteiger partial charge in [0.05, 0.1) is 13.2 Å². The summed E-state index contributed by atoms with van der Waals surface area (Å²) in [6.07, 6.45) is -15.6. The minimum atomic E-state index is -1.75. The molecule has 0 bridgehead atoms. The van der Waals surface area contributed by atoms with Crippen LogP contribution in [-0.4, -0.2) is 115 Å². The third-order valence-corrected chi connectivity index (χ3v) is 3.98. The summed E-state index contributed by atoms with van der Waals surface area (Å²) in [4.78, 5) is 0. The van der Waals surface area contributed by atoms with Crippen LogP contribution >= 0.6 is 0 Å². The molecule has 2 aliphatic rings. The fourth-order valence-electron chi connectivity index (χ4n) is 2.55. The van der Waals surface area contributed by atoms with Crippen LogP contribution in [0, 0.1) is 0 Å². The van der Waals surface area contributed by atoms with E-state index in [1.807, 2.05) is 0 Å². The maximum atomic E-state index is 9.94. The first-order valence-electron chi connectivity index (χ1n) is 7.08. The molecule has 0 amide bonds. The first kappa shape index (κ1) is 18.9. The lowest BCUT2D eigenvalue weighted by Crippen LogP contribution is -2.64. The zero-order valence-corrected chi connectivity index (χ0v) is 12.0. The quantitative estimate of drug-likeness (QED) is 0.243. The highest BCUT2D eigenvalue weighted by Gasteiger charge is 2.50. The van der Waals surface area contributed by atoms with E-state index in [1.54, 1.807) is 0 Å². The highest BCUT2D eigenvalue weighted by Crippen LogP contribution is 2.28. The largest absolute Gasteiger partial charge is 0.394 e. The molecule has 0 spiro atoms. The molecule has 0 aromatic rings. The second kappa shape index (κ2) is 7.63. The molecule has 136 valence electrons. The number of aliphatic hydroxyl groups excluding tert-OH is 8. The molecule has 23 heavy (non-hydrogen) atoms. The van der Waals surface area contributed by atoms with Gasteiger partial charge in [-0.05, 0) is 0 Å². The van der Waals surface area contributed by atoms with Gasteiger partial charge < -0.3 is 55.1 Å². The zero-order chi connectivity index (χ0) is 17.3. The van der Waals surface area contributed by atoms with Crippen molar-refractivity contribution in [2.75, 3.05) is 13.2 Å². The lowest BCUT2D eigenvalue weighted by Gasteiger charge is -2.44. The molecule has 2 rings (SSSR count). The van der Waals surface area contributed by atoms with E-state index in [9.17, 15) is 30.6 Å². The van der Waals surface area contributed by atoms with Gasteiger partial charge in [0.2, 0.25) is 0 Å². The van der Waals surface area contributed by atoms with Crippen molar-refractivity contribution in [3.8, 4) is 0 Å². The van der Waals surface area contributed by atoms with Crippen molar-refractivity contribution >= 4 is 0 Å². The highest BCUT2D eigenvalue weighted by molar-refractivity contribution is 4.93. The fraction of sp³-hybridized carbons (Fsp3) is 1.00. The molecule has 0 aliphatic carbocycles. The number of hydrogen-bond acceptors (Lipinski definition) is 11. The molecular formula is C12H22O11. The van der Waals surface area contributed by atoms with E-state index in [1.165, 1.54) is 0 Å².